The Morgan fingerprint density at radius 3 is 3.18 bits per heavy atom. The Morgan fingerprint density at radius 1 is 1.65 bits per heavy atom. The standard InChI is InChI=1S/C10H13ClN2O4/c1-13-9(4-8(11)12-10(13)14)17-6-7-5-15-2-3-16-7/h4,7H,2-3,5-6H2,1H3. The number of rotatable bonds is 3. The van der Waals surface area contributed by atoms with E-state index < -0.39 is 5.69 Å². The van der Waals surface area contributed by atoms with Gasteiger partial charge in [0, 0.05) is 13.1 Å². The molecule has 1 saturated heterocycles. The van der Waals surface area contributed by atoms with Crippen molar-refractivity contribution in [3.8, 4) is 5.88 Å². The fourth-order valence-corrected chi connectivity index (χ4v) is 1.61. The van der Waals surface area contributed by atoms with Gasteiger partial charge in [0.1, 0.15) is 17.9 Å². The van der Waals surface area contributed by atoms with Crippen LogP contribution in [0.1, 0.15) is 0 Å². The van der Waals surface area contributed by atoms with Gasteiger partial charge < -0.3 is 14.2 Å². The van der Waals surface area contributed by atoms with E-state index in [4.69, 9.17) is 25.8 Å². The van der Waals surface area contributed by atoms with Crippen LogP contribution in [0.15, 0.2) is 10.9 Å². The quantitative estimate of drug-likeness (QED) is 0.728. The smallest absolute Gasteiger partial charge is 0.351 e. The third-order valence-electron chi connectivity index (χ3n) is 2.36. The van der Waals surface area contributed by atoms with Gasteiger partial charge in [-0.2, -0.15) is 4.98 Å². The van der Waals surface area contributed by atoms with Gasteiger partial charge in [-0.15, -0.1) is 0 Å². The molecule has 1 aromatic rings. The maximum Gasteiger partial charge on any atom is 0.351 e. The monoisotopic (exact) mass is 260 g/mol. The Morgan fingerprint density at radius 2 is 2.47 bits per heavy atom. The van der Waals surface area contributed by atoms with E-state index in [-0.39, 0.29) is 11.3 Å². The van der Waals surface area contributed by atoms with Crippen LogP contribution in [-0.4, -0.2) is 42.1 Å². The molecule has 2 rings (SSSR count). The Hall–Kier alpha value is -1.11. The molecule has 1 unspecified atom stereocenters. The fourth-order valence-electron chi connectivity index (χ4n) is 1.44. The number of aromatic nitrogens is 2. The summed E-state index contributed by atoms with van der Waals surface area (Å²) in [6.07, 6.45) is -0.120. The van der Waals surface area contributed by atoms with Crippen LogP contribution in [-0.2, 0) is 16.5 Å². The second kappa shape index (κ2) is 5.48. The van der Waals surface area contributed by atoms with E-state index in [0.717, 1.165) is 0 Å². The van der Waals surface area contributed by atoms with E-state index >= 15 is 0 Å². The van der Waals surface area contributed by atoms with Crippen LogP contribution in [0.4, 0.5) is 0 Å². The van der Waals surface area contributed by atoms with Crippen LogP contribution < -0.4 is 10.4 Å². The van der Waals surface area contributed by atoms with Crippen molar-refractivity contribution in [2.75, 3.05) is 26.4 Å². The highest BCUT2D eigenvalue weighted by atomic mass is 35.5. The molecular weight excluding hydrogens is 248 g/mol. The van der Waals surface area contributed by atoms with Crippen molar-refractivity contribution in [2.45, 2.75) is 6.10 Å². The van der Waals surface area contributed by atoms with Gasteiger partial charge in [0.15, 0.2) is 0 Å². The van der Waals surface area contributed by atoms with Crippen LogP contribution in [0.2, 0.25) is 5.15 Å². The SMILES string of the molecule is Cn1c(OCC2COCCO2)cc(Cl)nc1=O. The zero-order valence-corrected chi connectivity index (χ0v) is 10.1. The van der Waals surface area contributed by atoms with Crippen LogP contribution in [0, 0.1) is 0 Å². The predicted molar refractivity (Wildman–Crippen MR) is 60.5 cm³/mol. The molecule has 1 aromatic heterocycles. The van der Waals surface area contributed by atoms with Crippen molar-refractivity contribution in [2.24, 2.45) is 7.05 Å². The molecule has 0 radical (unpaired) electrons. The van der Waals surface area contributed by atoms with Crippen LogP contribution in [0.25, 0.3) is 0 Å². The molecule has 2 heterocycles. The Labute approximate surface area is 103 Å². The first kappa shape index (κ1) is 12.3. The summed E-state index contributed by atoms with van der Waals surface area (Å²) in [6, 6.07) is 1.49. The molecule has 0 bridgehead atoms. The second-order valence-electron chi connectivity index (χ2n) is 3.64. The lowest BCUT2D eigenvalue weighted by Crippen LogP contribution is -2.34. The number of hydrogen-bond acceptors (Lipinski definition) is 5. The topological polar surface area (TPSA) is 62.6 Å². The fraction of sp³-hybridized carbons (Fsp3) is 0.600. The highest BCUT2D eigenvalue weighted by Crippen LogP contribution is 2.13. The first-order valence-electron chi connectivity index (χ1n) is 5.22. The summed E-state index contributed by atoms with van der Waals surface area (Å²) in [5.74, 6) is 0.365. The van der Waals surface area contributed by atoms with E-state index in [1.807, 2.05) is 0 Å². The molecule has 6 nitrogen and oxygen atoms in total. The van der Waals surface area contributed by atoms with Gasteiger partial charge in [-0.3, -0.25) is 4.57 Å². The molecule has 1 aliphatic heterocycles. The first-order valence-corrected chi connectivity index (χ1v) is 5.60. The van der Waals surface area contributed by atoms with Crippen molar-refractivity contribution in [3.63, 3.8) is 0 Å². The lowest BCUT2D eigenvalue weighted by molar-refractivity contribution is -0.102. The number of nitrogens with zero attached hydrogens (tertiary/aromatic N) is 2. The molecule has 94 valence electrons. The molecule has 0 amide bonds. The Balaban J connectivity index is 2.00. The van der Waals surface area contributed by atoms with Gasteiger partial charge >= 0.3 is 5.69 Å². The summed E-state index contributed by atoms with van der Waals surface area (Å²) < 4.78 is 17.4. The van der Waals surface area contributed by atoms with Crippen LogP contribution in [0.5, 0.6) is 5.88 Å². The minimum Gasteiger partial charge on any atom is -0.476 e. The average Bonchev–Trinajstić information content (AvgIpc) is 2.33. The van der Waals surface area contributed by atoms with Gasteiger partial charge in [-0.1, -0.05) is 11.6 Å². The summed E-state index contributed by atoms with van der Waals surface area (Å²) in [5.41, 5.74) is -0.451. The van der Waals surface area contributed by atoms with Gasteiger partial charge in [0.2, 0.25) is 5.88 Å². The molecule has 1 fully saturated rings. The van der Waals surface area contributed by atoms with Crippen molar-refractivity contribution in [1.29, 1.82) is 0 Å². The molecule has 1 atom stereocenters. The van der Waals surface area contributed by atoms with Gasteiger partial charge in [0.25, 0.3) is 0 Å². The zero-order valence-electron chi connectivity index (χ0n) is 9.39. The van der Waals surface area contributed by atoms with E-state index in [2.05, 4.69) is 4.98 Å². The minimum atomic E-state index is -0.451. The summed E-state index contributed by atoms with van der Waals surface area (Å²) >= 11 is 5.68. The Kier molecular flexibility index (Phi) is 3.98. The summed E-state index contributed by atoms with van der Waals surface area (Å²) in [7, 11) is 1.57. The third kappa shape index (κ3) is 3.18. The summed E-state index contributed by atoms with van der Waals surface area (Å²) in [4.78, 5) is 14.9. The molecule has 0 spiro atoms. The molecule has 0 saturated carbocycles. The summed E-state index contributed by atoms with van der Waals surface area (Å²) in [6.45, 7) is 1.97. The van der Waals surface area contributed by atoms with E-state index in [0.29, 0.717) is 32.3 Å². The minimum absolute atomic E-state index is 0.115. The predicted octanol–water partition coefficient (Wildman–Crippen LogP) is 0.228. The molecule has 7 heteroatoms. The molecule has 0 aromatic carbocycles. The molecule has 0 aliphatic carbocycles. The molecular formula is C10H13ClN2O4. The van der Waals surface area contributed by atoms with Crippen molar-refractivity contribution >= 4 is 11.6 Å². The molecule has 1 aliphatic rings. The van der Waals surface area contributed by atoms with Gasteiger partial charge in [-0.25, -0.2) is 4.79 Å². The average molecular weight is 261 g/mol. The third-order valence-corrected chi connectivity index (χ3v) is 2.56. The van der Waals surface area contributed by atoms with E-state index in [9.17, 15) is 4.79 Å². The Bertz CT molecular complexity index is 442. The van der Waals surface area contributed by atoms with Crippen molar-refractivity contribution < 1.29 is 14.2 Å². The highest BCUT2D eigenvalue weighted by Gasteiger charge is 2.16. The maximum absolute atomic E-state index is 11.3. The molecule has 0 N–H and O–H groups in total. The normalized spacial score (nSPS) is 20.2. The number of halogens is 1. The van der Waals surface area contributed by atoms with Crippen LogP contribution in [0.3, 0.4) is 0 Å². The number of ether oxygens (including phenoxy) is 3. The maximum atomic E-state index is 11.3. The summed E-state index contributed by atoms with van der Waals surface area (Å²) in [5, 5.41) is 0.115. The lowest BCUT2D eigenvalue weighted by atomic mass is 10.4. The van der Waals surface area contributed by atoms with Crippen LogP contribution >= 0.6 is 11.6 Å². The van der Waals surface area contributed by atoms with E-state index in [1.165, 1.54) is 10.6 Å². The van der Waals surface area contributed by atoms with Gasteiger partial charge in [-0.05, 0) is 0 Å². The van der Waals surface area contributed by atoms with Crippen molar-refractivity contribution in [1.82, 2.24) is 9.55 Å². The number of hydrogen-bond donors (Lipinski definition) is 0. The lowest BCUT2D eigenvalue weighted by Gasteiger charge is -2.23. The second-order valence-corrected chi connectivity index (χ2v) is 4.02. The molecule has 17 heavy (non-hydrogen) atoms. The van der Waals surface area contributed by atoms with E-state index in [1.54, 1.807) is 7.05 Å². The first-order chi connectivity index (χ1) is 8.16. The zero-order chi connectivity index (χ0) is 12.3. The van der Waals surface area contributed by atoms with Gasteiger partial charge in [0.05, 0.1) is 19.8 Å². The van der Waals surface area contributed by atoms with Crippen molar-refractivity contribution in [3.05, 3.63) is 21.7 Å². The largest absolute Gasteiger partial charge is 0.476 e. The highest BCUT2D eigenvalue weighted by molar-refractivity contribution is 6.29.